The van der Waals surface area contributed by atoms with E-state index in [-0.39, 0.29) is 12.1 Å². The number of aryl methyl sites for hydroxylation is 1. The summed E-state index contributed by atoms with van der Waals surface area (Å²) < 4.78 is 3.33. The zero-order valence-electron chi connectivity index (χ0n) is 17.5. The normalized spacial score (nSPS) is 18.1. The van der Waals surface area contributed by atoms with Gasteiger partial charge < -0.3 is 14.8 Å². The Labute approximate surface area is 201 Å². The Morgan fingerprint density at radius 2 is 1.81 bits per heavy atom. The number of nitrogens with zero attached hydrogens (tertiary/aromatic N) is 4. The van der Waals surface area contributed by atoms with Gasteiger partial charge in [-0.15, -0.1) is 0 Å². The van der Waals surface area contributed by atoms with Crippen molar-refractivity contribution >= 4 is 38.9 Å². The molecule has 4 heterocycles. The summed E-state index contributed by atoms with van der Waals surface area (Å²) in [7, 11) is 0. The van der Waals surface area contributed by atoms with Crippen LogP contribution in [-0.4, -0.2) is 19.6 Å². The lowest BCUT2D eigenvalue weighted by molar-refractivity contribution is 0.532. The Morgan fingerprint density at radius 3 is 2.53 bits per heavy atom. The Hall–Kier alpha value is -3.03. The molecule has 1 aromatic carbocycles. The first kappa shape index (κ1) is 20.8. The monoisotopic (exact) mass is 503 g/mol. The predicted octanol–water partition coefficient (Wildman–Crippen LogP) is 5.57. The number of hydrogen-bond donors (Lipinski definition) is 1. The highest BCUT2D eigenvalue weighted by Crippen LogP contribution is 2.42. The van der Waals surface area contributed by atoms with Crippen LogP contribution in [0.25, 0.3) is 0 Å². The van der Waals surface area contributed by atoms with Gasteiger partial charge in [0.2, 0.25) is 0 Å². The lowest BCUT2D eigenvalue weighted by atomic mass is 10.0. The highest BCUT2D eigenvalue weighted by atomic mass is 79.9. The molecule has 7 heteroatoms. The molecule has 2 atom stereocenters. The van der Waals surface area contributed by atoms with E-state index in [1.54, 1.807) is 0 Å². The van der Waals surface area contributed by atoms with Crippen molar-refractivity contribution in [3.63, 3.8) is 0 Å². The van der Waals surface area contributed by atoms with E-state index >= 15 is 0 Å². The standard InChI is InChI=1S/C25H22BrN5S/c1-17-15-19(10-11-20(17)26)31-24(23(29-25(31)32)21-8-3-5-13-28-21)22-9-6-14-30(22)16-18-7-2-4-12-27-18/h2-15,23-24H,16H2,1H3,(H,29,32)/t23-,24-/m0/s1. The second-order valence-electron chi connectivity index (χ2n) is 7.81. The number of anilines is 1. The molecule has 1 saturated heterocycles. The lowest BCUT2D eigenvalue weighted by Gasteiger charge is -2.29. The van der Waals surface area contributed by atoms with Crippen molar-refractivity contribution in [3.05, 3.63) is 112 Å². The first-order chi connectivity index (χ1) is 15.6. The summed E-state index contributed by atoms with van der Waals surface area (Å²) in [5, 5.41) is 4.23. The minimum Gasteiger partial charge on any atom is -0.351 e. The number of rotatable bonds is 5. The third-order valence-electron chi connectivity index (χ3n) is 5.74. The van der Waals surface area contributed by atoms with Crippen molar-refractivity contribution < 1.29 is 0 Å². The maximum absolute atomic E-state index is 5.85. The summed E-state index contributed by atoms with van der Waals surface area (Å²) in [5.74, 6) is 0. The molecule has 5 nitrogen and oxygen atoms in total. The minimum absolute atomic E-state index is 0.0586. The van der Waals surface area contributed by atoms with Gasteiger partial charge in [-0.3, -0.25) is 9.97 Å². The third-order valence-corrected chi connectivity index (χ3v) is 6.95. The molecule has 1 fully saturated rings. The van der Waals surface area contributed by atoms with Crippen LogP contribution in [0.3, 0.4) is 0 Å². The number of pyridine rings is 2. The molecular weight excluding hydrogens is 482 g/mol. The van der Waals surface area contributed by atoms with Crippen LogP contribution in [0.1, 0.15) is 34.7 Å². The van der Waals surface area contributed by atoms with E-state index in [2.05, 4.69) is 90.2 Å². The highest BCUT2D eigenvalue weighted by molar-refractivity contribution is 9.10. The topological polar surface area (TPSA) is 46.0 Å². The molecule has 1 aliphatic rings. The highest BCUT2D eigenvalue weighted by Gasteiger charge is 2.42. The van der Waals surface area contributed by atoms with Crippen LogP contribution in [-0.2, 0) is 6.54 Å². The summed E-state index contributed by atoms with van der Waals surface area (Å²) in [6.45, 7) is 2.78. The van der Waals surface area contributed by atoms with Crippen LogP contribution < -0.4 is 10.2 Å². The van der Waals surface area contributed by atoms with Gasteiger partial charge in [0, 0.05) is 34.4 Å². The molecule has 0 spiro atoms. The van der Waals surface area contributed by atoms with Crippen molar-refractivity contribution in [2.45, 2.75) is 25.6 Å². The summed E-state index contributed by atoms with van der Waals surface area (Å²) in [6.07, 6.45) is 5.76. The van der Waals surface area contributed by atoms with E-state index in [1.165, 1.54) is 0 Å². The molecule has 4 aromatic rings. The van der Waals surface area contributed by atoms with Gasteiger partial charge in [0.15, 0.2) is 5.11 Å². The molecule has 0 radical (unpaired) electrons. The van der Waals surface area contributed by atoms with Crippen LogP contribution in [0.5, 0.6) is 0 Å². The average molecular weight is 504 g/mol. The molecule has 3 aromatic heterocycles. The van der Waals surface area contributed by atoms with E-state index in [4.69, 9.17) is 12.2 Å². The third kappa shape index (κ3) is 3.94. The quantitative estimate of drug-likeness (QED) is 0.360. The second-order valence-corrected chi connectivity index (χ2v) is 9.05. The Balaban J connectivity index is 1.61. The molecule has 1 N–H and O–H groups in total. The maximum atomic E-state index is 5.85. The lowest BCUT2D eigenvalue weighted by Crippen LogP contribution is -2.30. The number of benzene rings is 1. The number of halogens is 1. The van der Waals surface area contributed by atoms with E-state index in [1.807, 2.05) is 42.7 Å². The largest absolute Gasteiger partial charge is 0.351 e. The Kier molecular flexibility index (Phi) is 5.76. The van der Waals surface area contributed by atoms with Gasteiger partial charge in [-0.1, -0.05) is 28.1 Å². The predicted molar refractivity (Wildman–Crippen MR) is 135 cm³/mol. The van der Waals surface area contributed by atoms with Crippen LogP contribution in [0.4, 0.5) is 5.69 Å². The minimum atomic E-state index is -0.0787. The molecule has 0 unspecified atom stereocenters. The average Bonchev–Trinajstić information content (AvgIpc) is 3.40. The van der Waals surface area contributed by atoms with Crippen molar-refractivity contribution in [2.24, 2.45) is 0 Å². The Bertz CT molecular complexity index is 1240. The summed E-state index contributed by atoms with van der Waals surface area (Å²) in [6, 6.07) is 22.5. The number of hydrogen-bond acceptors (Lipinski definition) is 3. The molecule has 0 amide bonds. The molecule has 1 aliphatic heterocycles. The van der Waals surface area contributed by atoms with E-state index in [0.29, 0.717) is 11.7 Å². The van der Waals surface area contributed by atoms with Crippen molar-refractivity contribution in [3.8, 4) is 0 Å². The molecule has 0 bridgehead atoms. The van der Waals surface area contributed by atoms with Gasteiger partial charge in [0.1, 0.15) is 6.04 Å². The zero-order valence-corrected chi connectivity index (χ0v) is 19.9. The fourth-order valence-corrected chi connectivity index (χ4v) is 4.81. The number of thiocarbonyl (C=S) groups is 1. The van der Waals surface area contributed by atoms with Crippen molar-refractivity contribution in [1.82, 2.24) is 19.9 Å². The van der Waals surface area contributed by atoms with E-state index < -0.39 is 0 Å². The zero-order chi connectivity index (χ0) is 22.1. The van der Waals surface area contributed by atoms with Crippen molar-refractivity contribution in [2.75, 3.05) is 4.90 Å². The van der Waals surface area contributed by atoms with E-state index in [0.717, 1.165) is 32.8 Å². The van der Waals surface area contributed by atoms with Crippen LogP contribution in [0.2, 0.25) is 0 Å². The number of aromatic nitrogens is 3. The molecule has 0 aliphatic carbocycles. The fourth-order valence-electron chi connectivity index (χ4n) is 4.22. The van der Waals surface area contributed by atoms with Gasteiger partial charge in [0.05, 0.1) is 24.0 Å². The summed E-state index contributed by atoms with van der Waals surface area (Å²) in [4.78, 5) is 11.4. The first-order valence-electron chi connectivity index (χ1n) is 10.4. The summed E-state index contributed by atoms with van der Waals surface area (Å²) >= 11 is 9.47. The molecule has 160 valence electrons. The van der Waals surface area contributed by atoms with Crippen LogP contribution in [0, 0.1) is 6.92 Å². The molecule has 5 rings (SSSR count). The fraction of sp³-hybridized carbons (Fsp3) is 0.160. The SMILES string of the molecule is Cc1cc(N2C(=S)N[C@@H](c3ccccn3)[C@@H]2c2cccn2Cc2ccccn2)ccc1Br. The molecule has 32 heavy (non-hydrogen) atoms. The van der Waals surface area contributed by atoms with E-state index in [9.17, 15) is 0 Å². The summed E-state index contributed by atoms with van der Waals surface area (Å²) in [5.41, 5.74) is 5.34. The Morgan fingerprint density at radius 1 is 1.00 bits per heavy atom. The number of nitrogens with one attached hydrogen (secondary N) is 1. The van der Waals surface area contributed by atoms with Gasteiger partial charge in [-0.2, -0.15) is 0 Å². The van der Waals surface area contributed by atoms with Gasteiger partial charge >= 0.3 is 0 Å². The van der Waals surface area contributed by atoms with Crippen LogP contribution in [0.15, 0.2) is 89.8 Å². The molecule has 0 saturated carbocycles. The maximum Gasteiger partial charge on any atom is 0.174 e. The molecular formula is C25H22BrN5S. The van der Waals surface area contributed by atoms with Crippen LogP contribution >= 0.6 is 28.1 Å². The van der Waals surface area contributed by atoms with Gasteiger partial charge in [-0.25, -0.2) is 0 Å². The smallest absolute Gasteiger partial charge is 0.174 e. The van der Waals surface area contributed by atoms with Crippen molar-refractivity contribution in [1.29, 1.82) is 0 Å². The first-order valence-corrected chi connectivity index (χ1v) is 11.6. The van der Waals surface area contributed by atoms with Gasteiger partial charge in [0.25, 0.3) is 0 Å². The van der Waals surface area contributed by atoms with Gasteiger partial charge in [-0.05, 0) is 79.3 Å². The second kappa shape index (κ2) is 8.84.